The molecule has 0 unspecified atom stereocenters. The van der Waals surface area contributed by atoms with E-state index in [0.29, 0.717) is 11.6 Å². The van der Waals surface area contributed by atoms with Crippen molar-refractivity contribution in [2.45, 2.75) is 26.4 Å². The van der Waals surface area contributed by atoms with Crippen molar-refractivity contribution in [2.75, 3.05) is 17.6 Å². The third-order valence-corrected chi connectivity index (χ3v) is 2.72. The number of nitrogen functional groups attached to an aromatic ring is 1. The molecule has 0 saturated carbocycles. The molecular weight excluding hydrogens is 254 g/mol. The summed E-state index contributed by atoms with van der Waals surface area (Å²) in [7, 11) is 1.91. The van der Waals surface area contributed by atoms with Crippen molar-refractivity contribution in [3.8, 4) is 5.88 Å². The number of hydrogen-bond donors (Lipinski definition) is 2. The summed E-state index contributed by atoms with van der Waals surface area (Å²) < 4.78 is 7.36. The maximum absolute atomic E-state index is 5.83. The van der Waals surface area contributed by atoms with Crippen molar-refractivity contribution < 1.29 is 4.74 Å². The van der Waals surface area contributed by atoms with E-state index >= 15 is 0 Å². The topological polar surface area (TPSA) is 78.0 Å². The van der Waals surface area contributed by atoms with Gasteiger partial charge in [-0.3, -0.25) is 4.68 Å². The summed E-state index contributed by atoms with van der Waals surface area (Å²) in [4.78, 5) is 4.37. The fourth-order valence-electron chi connectivity index (χ4n) is 1.80. The van der Waals surface area contributed by atoms with E-state index in [1.165, 1.54) is 5.56 Å². The summed E-state index contributed by atoms with van der Waals surface area (Å²) >= 11 is 0. The van der Waals surface area contributed by atoms with Crippen LogP contribution in [0.2, 0.25) is 0 Å². The zero-order valence-corrected chi connectivity index (χ0v) is 12.1. The van der Waals surface area contributed by atoms with Gasteiger partial charge >= 0.3 is 0 Å². The molecule has 2 aromatic rings. The van der Waals surface area contributed by atoms with E-state index in [0.717, 1.165) is 18.8 Å². The maximum Gasteiger partial charge on any atom is 0.239 e. The Morgan fingerprint density at radius 1 is 1.40 bits per heavy atom. The van der Waals surface area contributed by atoms with Gasteiger partial charge in [0.05, 0.1) is 18.0 Å². The lowest BCUT2D eigenvalue weighted by Gasteiger charge is -2.12. The lowest BCUT2D eigenvalue weighted by molar-refractivity contribution is 0.234. The van der Waals surface area contributed by atoms with Crippen molar-refractivity contribution in [3.63, 3.8) is 0 Å². The molecule has 2 rings (SSSR count). The van der Waals surface area contributed by atoms with Gasteiger partial charge in [-0.1, -0.05) is 0 Å². The van der Waals surface area contributed by atoms with Gasteiger partial charge in [-0.15, -0.1) is 0 Å². The average Bonchev–Trinajstić information content (AvgIpc) is 2.78. The molecule has 0 aliphatic heterocycles. The molecular formula is C14H21N5O. The highest BCUT2D eigenvalue weighted by atomic mass is 16.5. The maximum atomic E-state index is 5.83. The first-order valence-corrected chi connectivity index (χ1v) is 6.69. The number of nitrogens with two attached hydrogens (primary N) is 1. The van der Waals surface area contributed by atoms with Gasteiger partial charge in [0.1, 0.15) is 5.82 Å². The van der Waals surface area contributed by atoms with E-state index in [2.05, 4.69) is 15.4 Å². The highest BCUT2D eigenvalue weighted by molar-refractivity contribution is 5.53. The number of nitrogens with zero attached hydrogens (tertiary/aromatic N) is 3. The Balaban J connectivity index is 1.92. The normalized spacial score (nSPS) is 10.8. The smallest absolute Gasteiger partial charge is 0.239 e. The van der Waals surface area contributed by atoms with Crippen LogP contribution in [0.3, 0.4) is 0 Å². The van der Waals surface area contributed by atoms with Gasteiger partial charge in [-0.25, -0.2) is 0 Å². The van der Waals surface area contributed by atoms with E-state index in [4.69, 9.17) is 10.5 Å². The largest absolute Gasteiger partial charge is 0.473 e. The molecule has 0 aromatic carbocycles. The molecule has 0 amide bonds. The van der Waals surface area contributed by atoms with Crippen molar-refractivity contribution in [2.24, 2.45) is 7.05 Å². The summed E-state index contributed by atoms with van der Waals surface area (Å²) in [6, 6.07) is 3.66. The quantitative estimate of drug-likeness (QED) is 0.841. The number of ether oxygens (including phenoxy) is 1. The number of anilines is 2. The summed E-state index contributed by atoms with van der Waals surface area (Å²) in [6.07, 6.45) is 4.81. The Labute approximate surface area is 119 Å². The van der Waals surface area contributed by atoms with Gasteiger partial charge in [-0.05, 0) is 38.0 Å². The molecule has 2 heterocycles. The standard InChI is InChI=1S/C14H21N5O/c1-10(2)20-14-12(15)4-5-13(18-14)16-7-6-11-8-17-19(3)9-11/h4-5,8-10H,6-7,15H2,1-3H3,(H,16,18). The van der Waals surface area contributed by atoms with E-state index in [-0.39, 0.29) is 6.10 Å². The molecule has 0 aliphatic carbocycles. The van der Waals surface area contributed by atoms with Crippen molar-refractivity contribution in [3.05, 3.63) is 30.1 Å². The second-order valence-corrected chi connectivity index (χ2v) is 4.96. The van der Waals surface area contributed by atoms with Gasteiger partial charge in [0.15, 0.2) is 0 Å². The predicted octanol–water partition coefficient (Wildman–Crippen LogP) is 1.84. The third-order valence-electron chi connectivity index (χ3n) is 2.72. The number of nitrogens with one attached hydrogen (secondary N) is 1. The molecule has 108 valence electrons. The molecule has 20 heavy (non-hydrogen) atoms. The number of rotatable bonds is 6. The molecule has 0 bridgehead atoms. The Morgan fingerprint density at radius 2 is 2.20 bits per heavy atom. The summed E-state index contributed by atoms with van der Waals surface area (Å²) in [6.45, 7) is 4.68. The van der Waals surface area contributed by atoms with Gasteiger partial charge in [0.25, 0.3) is 0 Å². The zero-order chi connectivity index (χ0) is 14.5. The number of pyridine rings is 1. The number of aryl methyl sites for hydroxylation is 1. The molecule has 0 atom stereocenters. The number of hydrogen-bond acceptors (Lipinski definition) is 5. The first-order valence-electron chi connectivity index (χ1n) is 6.69. The lowest BCUT2D eigenvalue weighted by atomic mass is 10.2. The van der Waals surface area contributed by atoms with Gasteiger partial charge in [0.2, 0.25) is 5.88 Å². The molecule has 0 aliphatic rings. The molecule has 0 spiro atoms. The van der Waals surface area contributed by atoms with Crippen molar-refractivity contribution in [1.82, 2.24) is 14.8 Å². The van der Waals surface area contributed by atoms with Crippen LogP contribution < -0.4 is 15.8 Å². The van der Waals surface area contributed by atoms with Crippen LogP contribution in [-0.2, 0) is 13.5 Å². The first-order chi connectivity index (χ1) is 9.54. The number of aromatic nitrogens is 3. The van der Waals surface area contributed by atoms with Crippen LogP contribution in [0.25, 0.3) is 0 Å². The monoisotopic (exact) mass is 275 g/mol. The molecule has 6 nitrogen and oxygen atoms in total. The molecule has 0 radical (unpaired) electrons. The minimum atomic E-state index is 0.0513. The van der Waals surface area contributed by atoms with Crippen molar-refractivity contribution in [1.29, 1.82) is 0 Å². The lowest BCUT2D eigenvalue weighted by Crippen LogP contribution is -2.11. The Hall–Kier alpha value is -2.24. The van der Waals surface area contributed by atoms with Crippen LogP contribution in [0.1, 0.15) is 19.4 Å². The van der Waals surface area contributed by atoms with E-state index < -0.39 is 0 Å². The minimum absolute atomic E-state index is 0.0513. The van der Waals surface area contributed by atoms with E-state index in [1.54, 1.807) is 10.7 Å². The SMILES string of the molecule is CC(C)Oc1nc(NCCc2cnn(C)c2)ccc1N. The van der Waals surface area contributed by atoms with Gasteiger partial charge < -0.3 is 15.8 Å². The highest BCUT2D eigenvalue weighted by Gasteiger charge is 2.06. The fourth-order valence-corrected chi connectivity index (χ4v) is 1.80. The zero-order valence-electron chi connectivity index (χ0n) is 12.1. The predicted molar refractivity (Wildman–Crippen MR) is 79.8 cm³/mol. The first kappa shape index (κ1) is 14.2. The van der Waals surface area contributed by atoms with Crippen LogP contribution in [0.5, 0.6) is 5.88 Å². The second kappa shape index (κ2) is 6.27. The van der Waals surface area contributed by atoms with Crippen molar-refractivity contribution >= 4 is 11.5 Å². The Bertz CT molecular complexity index is 564. The summed E-state index contributed by atoms with van der Waals surface area (Å²) in [5.74, 6) is 1.24. The molecule has 3 N–H and O–H groups in total. The fraction of sp³-hybridized carbons (Fsp3) is 0.429. The molecule has 2 aromatic heterocycles. The highest BCUT2D eigenvalue weighted by Crippen LogP contribution is 2.21. The molecule has 0 fully saturated rings. The van der Waals surface area contributed by atoms with Crippen LogP contribution in [0.4, 0.5) is 11.5 Å². The van der Waals surface area contributed by atoms with Crippen LogP contribution in [-0.4, -0.2) is 27.4 Å². The van der Waals surface area contributed by atoms with Crippen LogP contribution in [0.15, 0.2) is 24.5 Å². The van der Waals surface area contributed by atoms with E-state index in [9.17, 15) is 0 Å². The van der Waals surface area contributed by atoms with E-state index in [1.807, 2.05) is 39.4 Å². The Morgan fingerprint density at radius 3 is 2.85 bits per heavy atom. The summed E-state index contributed by atoms with van der Waals surface area (Å²) in [5.41, 5.74) is 7.58. The average molecular weight is 275 g/mol. The molecule has 0 saturated heterocycles. The summed E-state index contributed by atoms with van der Waals surface area (Å²) in [5, 5.41) is 7.40. The van der Waals surface area contributed by atoms with Crippen LogP contribution in [0, 0.1) is 0 Å². The second-order valence-electron chi connectivity index (χ2n) is 4.96. The van der Waals surface area contributed by atoms with Gasteiger partial charge in [-0.2, -0.15) is 10.1 Å². The third kappa shape index (κ3) is 3.88. The Kier molecular flexibility index (Phi) is 4.45. The van der Waals surface area contributed by atoms with Gasteiger partial charge in [0, 0.05) is 19.8 Å². The minimum Gasteiger partial charge on any atom is -0.473 e. The van der Waals surface area contributed by atoms with Crippen LogP contribution >= 0.6 is 0 Å². The molecule has 6 heteroatoms.